The molecule has 0 heterocycles. The Bertz CT molecular complexity index is 322. The van der Waals surface area contributed by atoms with Crippen LogP contribution in [-0.4, -0.2) is 24.5 Å². The molecule has 0 saturated heterocycles. The van der Waals surface area contributed by atoms with Gasteiger partial charge in [-0.1, -0.05) is 42.5 Å². The highest BCUT2D eigenvalue weighted by Crippen LogP contribution is 2.13. The van der Waals surface area contributed by atoms with E-state index in [9.17, 15) is 0 Å². The third kappa shape index (κ3) is 4.98. The van der Waals surface area contributed by atoms with Crippen molar-refractivity contribution in [2.45, 2.75) is 12.5 Å². The maximum absolute atomic E-state index is 6.16. The quantitative estimate of drug-likeness (QED) is 0.696. The van der Waals surface area contributed by atoms with Crippen molar-refractivity contribution in [3.8, 4) is 0 Å². The molecule has 0 bridgehead atoms. The topological polar surface area (TPSA) is 29.3 Å². The largest absolute Gasteiger partial charge is 0.324 e. The second-order valence-corrected chi connectivity index (χ2v) is 4.14. The molecule has 0 aliphatic rings. The van der Waals surface area contributed by atoms with Gasteiger partial charge in [-0.05, 0) is 12.0 Å². The van der Waals surface area contributed by atoms with Crippen molar-refractivity contribution in [2.75, 3.05) is 19.6 Å². The molecule has 0 aliphatic carbocycles. The van der Waals surface area contributed by atoms with Crippen molar-refractivity contribution in [2.24, 2.45) is 5.73 Å². The lowest BCUT2D eigenvalue weighted by Crippen LogP contribution is -2.27. The lowest BCUT2D eigenvalue weighted by molar-refractivity contribution is 0.319. The summed E-state index contributed by atoms with van der Waals surface area (Å²) in [7, 11) is 0. The monoisotopic (exact) mass is 230 g/mol. The second kappa shape index (κ2) is 7.82. The number of rotatable bonds is 8. The standard InChI is InChI=1S/C15H22N2/c1-3-11-17(12-4-2)13-10-15(16)14-8-6-5-7-9-14/h3-9,15H,1-2,10-13,16H2. The Hall–Kier alpha value is -1.38. The Morgan fingerprint density at radius 1 is 1.12 bits per heavy atom. The van der Waals surface area contributed by atoms with Gasteiger partial charge in [-0.15, -0.1) is 13.2 Å². The Morgan fingerprint density at radius 2 is 1.71 bits per heavy atom. The number of hydrogen-bond acceptors (Lipinski definition) is 2. The summed E-state index contributed by atoms with van der Waals surface area (Å²) in [5.74, 6) is 0. The molecule has 1 unspecified atom stereocenters. The van der Waals surface area contributed by atoms with E-state index in [4.69, 9.17) is 5.73 Å². The average Bonchev–Trinajstić information content (AvgIpc) is 2.37. The summed E-state index contributed by atoms with van der Waals surface area (Å²) in [6.45, 7) is 10.3. The van der Waals surface area contributed by atoms with Crippen molar-refractivity contribution >= 4 is 0 Å². The fourth-order valence-corrected chi connectivity index (χ4v) is 1.81. The Labute approximate surface area is 104 Å². The van der Waals surface area contributed by atoms with E-state index in [1.807, 2.05) is 30.4 Å². The van der Waals surface area contributed by atoms with Crippen molar-refractivity contribution in [3.63, 3.8) is 0 Å². The molecule has 2 heteroatoms. The molecule has 0 radical (unpaired) electrons. The molecule has 1 rings (SSSR count). The van der Waals surface area contributed by atoms with Gasteiger partial charge in [0.15, 0.2) is 0 Å². The van der Waals surface area contributed by atoms with E-state index in [0.717, 1.165) is 26.1 Å². The van der Waals surface area contributed by atoms with Crippen LogP contribution in [-0.2, 0) is 0 Å². The van der Waals surface area contributed by atoms with E-state index < -0.39 is 0 Å². The van der Waals surface area contributed by atoms with Crippen LogP contribution in [0.5, 0.6) is 0 Å². The maximum Gasteiger partial charge on any atom is 0.0307 e. The summed E-state index contributed by atoms with van der Waals surface area (Å²) in [5.41, 5.74) is 7.36. The third-order valence-corrected chi connectivity index (χ3v) is 2.76. The first kappa shape index (κ1) is 13.7. The highest BCUT2D eigenvalue weighted by atomic mass is 15.1. The van der Waals surface area contributed by atoms with Gasteiger partial charge in [0.2, 0.25) is 0 Å². The predicted molar refractivity (Wildman–Crippen MR) is 74.8 cm³/mol. The zero-order valence-electron chi connectivity index (χ0n) is 10.4. The van der Waals surface area contributed by atoms with Crippen LogP contribution in [0.25, 0.3) is 0 Å². The van der Waals surface area contributed by atoms with E-state index in [1.54, 1.807) is 0 Å². The molecule has 0 aromatic heterocycles. The molecule has 0 spiro atoms. The van der Waals surface area contributed by atoms with Crippen LogP contribution in [0.3, 0.4) is 0 Å². The number of nitrogens with zero attached hydrogens (tertiary/aromatic N) is 1. The van der Waals surface area contributed by atoms with E-state index in [2.05, 4.69) is 30.2 Å². The van der Waals surface area contributed by atoms with Crippen LogP contribution < -0.4 is 5.73 Å². The Balaban J connectivity index is 2.43. The summed E-state index contributed by atoms with van der Waals surface area (Å²) < 4.78 is 0. The molecular formula is C15H22N2. The number of nitrogens with two attached hydrogens (primary N) is 1. The van der Waals surface area contributed by atoms with Crippen LogP contribution in [0.4, 0.5) is 0 Å². The van der Waals surface area contributed by atoms with Gasteiger partial charge >= 0.3 is 0 Å². The van der Waals surface area contributed by atoms with Gasteiger partial charge in [0.1, 0.15) is 0 Å². The summed E-state index contributed by atoms with van der Waals surface area (Å²) in [4.78, 5) is 2.28. The summed E-state index contributed by atoms with van der Waals surface area (Å²) in [6.07, 6.45) is 4.78. The van der Waals surface area contributed by atoms with Gasteiger partial charge in [0.25, 0.3) is 0 Å². The van der Waals surface area contributed by atoms with Gasteiger partial charge < -0.3 is 5.73 Å². The maximum atomic E-state index is 6.16. The zero-order valence-corrected chi connectivity index (χ0v) is 10.4. The van der Waals surface area contributed by atoms with Gasteiger partial charge in [0.05, 0.1) is 0 Å². The second-order valence-electron chi connectivity index (χ2n) is 4.14. The molecule has 1 aromatic carbocycles. The third-order valence-electron chi connectivity index (χ3n) is 2.76. The fourth-order valence-electron chi connectivity index (χ4n) is 1.81. The first-order valence-corrected chi connectivity index (χ1v) is 6.02. The highest BCUT2D eigenvalue weighted by molar-refractivity contribution is 5.18. The molecule has 2 nitrogen and oxygen atoms in total. The van der Waals surface area contributed by atoms with Crippen LogP contribution >= 0.6 is 0 Å². The van der Waals surface area contributed by atoms with Crippen LogP contribution in [0.2, 0.25) is 0 Å². The van der Waals surface area contributed by atoms with Crippen LogP contribution in [0.1, 0.15) is 18.0 Å². The van der Waals surface area contributed by atoms with E-state index in [1.165, 1.54) is 5.56 Å². The lowest BCUT2D eigenvalue weighted by Gasteiger charge is -2.21. The van der Waals surface area contributed by atoms with Gasteiger partial charge in [-0.25, -0.2) is 0 Å². The van der Waals surface area contributed by atoms with Gasteiger partial charge in [-0.2, -0.15) is 0 Å². The SMILES string of the molecule is C=CCN(CC=C)CCC(N)c1ccccc1. The summed E-state index contributed by atoms with van der Waals surface area (Å²) >= 11 is 0. The molecule has 0 saturated carbocycles. The molecule has 0 fully saturated rings. The molecule has 0 amide bonds. The van der Waals surface area contributed by atoms with Crippen molar-refractivity contribution in [3.05, 3.63) is 61.2 Å². The molecule has 92 valence electrons. The average molecular weight is 230 g/mol. The van der Waals surface area contributed by atoms with Crippen LogP contribution in [0.15, 0.2) is 55.6 Å². The minimum absolute atomic E-state index is 0.105. The molecule has 1 aromatic rings. The number of benzene rings is 1. The van der Waals surface area contributed by atoms with Crippen molar-refractivity contribution < 1.29 is 0 Å². The minimum Gasteiger partial charge on any atom is -0.324 e. The van der Waals surface area contributed by atoms with Crippen LogP contribution in [0, 0.1) is 0 Å². The molecule has 1 atom stereocenters. The summed E-state index contributed by atoms with van der Waals surface area (Å²) in [5, 5.41) is 0. The van der Waals surface area contributed by atoms with E-state index in [-0.39, 0.29) is 6.04 Å². The highest BCUT2D eigenvalue weighted by Gasteiger charge is 2.07. The fraction of sp³-hybridized carbons (Fsp3) is 0.333. The predicted octanol–water partition coefficient (Wildman–Crippen LogP) is 2.75. The first-order chi connectivity index (χ1) is 8.27. The smallest absolute Gasteiger partial charge is 0.0307 e. The van der Waals surface area contributed by atoms with Crippen molar-refractivity contribution in [1.29, 1.82) is 0 Å². The minimum atomic E-state index is 0.105. The molecule has 2 N–H and O–H groups in total. The van der Waals surface area contributed by atoms with E-state index >= 15 is 0 Å². The summed E-state index contributed by atoms with van der Waals surface area (Å²) in [6, 6.07) is 10.3. The number of hydrogen-bond donors (Lipinski definition) is 1. The molecule has 17 heavy (non-hydrogen) atoms. The van der Waals surface area contributed by atoms with E-state index in [0.29, 0.717) is 0 Å². The Morgan fingerprint density at radius 3 is 2.24 bits per heavy atom. The Kier molecular flexibility index (Phi) is 6.30. The first-order valence-electron chi connectivity index (χ1n) is 6.02. The van der Waals surface area contributed by atoms with Gasteiger partial charge in [0, 0.05) is 25.7 Å². The van der Waals surface area contributed by atoms with Gasteiger partial charge in [-0.3, -0.25) is 4.90 Å². The zero-order chi connectivity index (χ0) is 12.5. The van der Waals surface area contributed by atoms with Crippen molar-refractivity contribution in [1.82, 2.24) is 4.90 Å². The normalized spacial score (nSPS) is 12.4. The lowest BCUT2D eigenvalue weighted by atomic mass is 10.0. The molecular weight excluding hydrogens is 208 g/mol. The molecule has 0 aliphatic heterocycles.